The number of allylic oxidation sites excluding steroid dienone is 1. The molecule has 0 fully saturated rings. The third-order valence-electron chi connectivity index (χ3n) is 5.99. The van der Waals surface area contributed by atoms with Gasteiger partial charge in [-0.05, 0) is 12.8 Å². The van der Waals surface area contributed by atoms with Crippen LogP contribution in [0.1, 0.15) is 155 Å². The molecule has 0 aliphatic rings. The van der Waals surface area contributed by atoms with Crippen molar-refractivity contribution in [3.8, 4) is 0 Å². The van der Waals surface area contributed by atoms with Crippen LogP contribution in [0.25, 0.3) is 0 Å². The van der Waals surface area contributed by atoms with E-state index in [1.807, 2.05) is 0 Å². The summed E-state index contributed by atoms with van der Waals surface area (Å²) >= 11 is 0. The Morgan fingerprint density at radius 1 is 0.500 bits per heavy atom. The van der Waals surface area contributed by atoms with Crippen LogP contribution in [-0.2, 0) is 10.1 Å². The summed E-state index contributed by atoms with van der Waals surface area (Å²) in [5.74, 6) is 0. The molecule has 0 aliphatic heterocycles. The zero-order valence-electron chi connectivity index (χ0n) is 20.1. The van der Waals surface area contributed by atoms with Gasteiger partial charge in [0.15, 0.2) is 0 Å². The Morgan fingerprint density at radius 2 is 0.750 bits per heavy atom. The Bertz CT molecular complexity index is 468. The fraction of sp³-hybridized carbons (Fsp3) is 0.923. The number of rotatable bonds is 24. The van der Waals surface area contributed by atoms with Gasteiger partial charge in [-0.25, -0.2) is 0 Å². The minimum atomic E-state index is -3.93. The predicted molar refractivity (Wildman–Crippen MR) is 147 cm³/mol. The third kappa shape index (κ3) is 36.2. The van der Waals surface area contributed by atoms with Crippen LogP contribution in [0.2, 0.25) is 0 Å². The second kappa shape index (κ2) is 30.7. The molecule has 0 aromatic rings. The van der Waals surface area contributed by atoms with Gasteiger partial charge in [-0.15, -0.1) is 0 Å². The van der Waals surface area contributed by atoms with Crippen molar-refractivity contribution in [1.82, 2.24) is 0 Å². The molecule has 0 unspecified atom stereocenters. The van der Waals surface area contributed by atoms with Crippen molar-refractivity contribution in [3.63, 3.8) is 0 Å². The Balaban J connectivity index is -0.00000420. The average Bonchev–Trinajstić information content (AvgIpc) is 2.70. The molecule has 0 saturated carbocycles. The zero-order chi connectivity index (χ0) is 22.2. The zero-order valence-corrected chi connectivity index (χ0v) is 20.9. The quantitative estimate of drug-likeness (QED) is 0.0841. The maximum atomic E-state index is 10.5. The van der Waals surface area contributed by atoms with Crippen LogP contribution in [0, 0.1) is 0 Å². The normalized spacial score (nSPS) is 11.4. The van der Waals surface area contributed by atoms with Crippen LogP contribution >= 0.6 is 0 Å². The monoisotopic (exact) mass is 492 g/mol. The molecule has 0 rings (SSSR count). The van der Waals surface area contributed by atoms with Gasteiger partial charge in [0.1, 0.15) is 0 Å². The summed E-state index contributed by atoms with van der Waals surface area (Å²) in [5.41, 5.74) is 0. The molecule has 0 atom stereocenters. The van der Waals surface area contributed by atoms with Crippen molar-refractivity contribution in [2.45, 2.75) is 155 Å². The summed E-state index contributed by atoms with van der Waals surface area (Å²) < 4.78 is 29.6. The summed E-state index contributed by atoms with van der Waals surface area (Å²) in [4.78, 5) is 0. The molecule has 0 spiro atoms. The standard InChI is InChI=1S/C26H52O3S.2Na.2H/c1-2-3-4-5-6-7-8-9-10-11-12-13-14-15-16-17-18-19-20-21-22-23-24-25-26-30(27,28)29;;;;/h25-26H,2-24H2,1H3,(H,27,28,29);;;;. The Hall–Kier alpha value is 1.65. The van der Waals surface area contributed by atoms with Gasteiger partial charge in [-0.3, -0.25) is 4.55 Å². The SMILES string of the molecule is CCCCCCCCCCCCCCCCCCCCCCCCC=CS(=O)(=O)O.[NaH].[NaH]. The van der Waals surface area contributed by atoms with Gasteiger partial charge in [-0.1, -0.05) is 148 Å². The molecule has 184 valence electrons. The molecule has 0 aromatic carbocycles. The van der Waals surface area contributed by atoms with E-state index in [1.54, 1.807) is 6.08 Å². The van der Waals surface area contributed by atoms with E-state index in [0.29, 0.717) is 0 Å². The second-order valence-electron chi connectivity index (χ2n) is 9.10. The van der Waals surface area contributed by atoms with Gasteiger partial charge < -0.3 is 0 Å². The van der Waals surface area contributed by atoms with Crippen molar-refractivity contribution >= 4 is 69.2 Å². The van der Waals surface area contributed by atoms with Crippen molar-refractivity contribution in [2.24, 2.45) is 0 Å². The predicted octanol–water partition coefficient (Wildman–Crippen LogP) is 8.08. The molecule has 6 heteroatoms. The molecular formula is C26H54Na2O3S. The molecule has 0 heterocycles. The summed E-state index contributed by atoms with van der Waals surface area (Å²) in [7, 11) is -3.93. The van der Waals surface area contributed by atoms with E-state index in [2.05, 4.69) is 6.92 Å². The second-order valence-corrected chi connectivity index (χ2v) is 10.4. The summed E-state index contributed by atoms with van der Waals surface area (Å²) in [6.45, 7) is 2.29. The van der Waals surface area contributed by atoms with Crippen LogP contribution in [0.4, 0.5) is 0 Å². The Morgan fingerprint density at radius 3 is 1.00 bits per heavy atom. The fourth-order valence-corrected chi connectivity index (χ4v) is 4.44. The molecule has 3 nitrogen and oxygen atoms in total. The summed E-state index contributed by atoms with van der Waals surface area (Å²) in [6.07, 6.45) is 32.5. The first kappa shape index (κ1) is 38.2. The van der Waals surface area contributed by atoms with Gasteiger partial charge in [-0.2, -0.15) is 8.42 Å². The van der Waals surface area contributed by atoms with E-state index in [9.17, 15) is 8.42 Å². The fourth-order valence-electron chi connectivity index (χ4n) is 4.06. The van der Waals surface area contributed by atoms with E-state index >= 15 is 0 Å². The van der Waals surface area contributed by atoms with Gasteiger partial charge in [0.2, 0.25) is 0 Å². The Labute approximate surface area is 246 Å². The Kier molecular flexibility index (Phi) is 36.6. The van der Waals surface area contributed by atoms with Gasteiger partial charge in [0, 0.05) is 0 Å². The first-order valence-corrected chi connectivity index (χ1v) is 14.7. The molecular weight excluding hydrogens is 438 g/mol. The number of hydrogen-bond donors (Lipinski definition) is 1. The summed E-state index contributed by atoms with van der Waals surface area (Å²) in [5, 5.41) is 0.893. The van der Waals surface area contributed by atoms with Crippen LogP contribution in [0.15, 0.2) is 11.5 Å². The minimum absolute atomic E-state index is 0. The van der Waals surface area contributed by atoms with Gasteiger partial charge in [0.25, 0.3) is 10.1 Å². The molecule has 0 bridgehead atoms. The third-order valence-corrected chi connectivity index (χ3v) is 6.53. The molecule has 1 N–H and O–H groups in total. The molecule has 0 radical (unpaired) electrons. The molecule has 0 aromatic heterocycles. The molecule has 32 heavy (non-hydrogen) atoms. The van der Waals surface area contributed by atoms with Crippen LogP contribution in [0.3, 0.4) is 0 Å². The van der Waals surface area contributed by atoms with Gasteiger partial charge >= 0.3 is 59.1 Å². The van der Waals surface area contributed by atoms with Crippen molar-refractivity contribution < 1.29 is 13.0 Å². The van der Waals surface area contributed by atoms with Crippen molar-refractivity contribution in [3.05, 3.63) is 11.5 Å². The first-order valence-electron chi connectivity index (χ1n) is 13.2. The average molecular weight is 493 g/mol. The van der Waals surface area contributed by atoms with E-state index in [1.165, 1.54) is 128 Å². The number of unbranched alkanes of at least 4 members (excludes halogenated alkanes) is 22. The molecule has 0 aliphatic carbocycles. The van der Waals surface area contributed by atoms with E-state index in [-0.39, 0.29) is 59.1 Å². The molecule has 0 saturated heterocycles. The van der Waals surface area contributed by atoms with Crippen LogP contribution in [0.5, 0.6) is 0 Å². The van der Waals surface area contributed by atoms with Crippen molar-refractivity contribution in [2.75, 3.05) is 0 Å². The summed E-state index contributed by atoms with van der Waals surface area (Å²) in [6, 6.07) is 0. The van der Waals surface area contributed by atoms with E-state index < -0.39 is 10.1 Å². The van der Waals surface area contributed by atoms with E-state index in [0.717, 1.165) is 24.7 Å². The van der Waals surface area contributed by atoms with E-state index in [4.69, 9.17) is 4.55 Å². The van der Waals surface area contributed by atoms with Crippen LogP contribution < -0.4 is 0 Å². The van der Waals surface area contributed by atoms with Gasteiger partial charge in [0.05, 0.1) is 5.41 Å². The maximum absolute atomic E-state index is 10.5. The first-order chi connectivity index (χ1) is 14.6. The topological polar surface area (TPSA) is 54.4 Å². The van der Waals surface area contributed by atoms with Crippen LogP contribution in [-0.4, -0.2) is 72.1 Å². The van der Waals surface area contributed by atoms with Crippen molar-refractivity contribution in [1.29, 1.82) is 0 Å². The molecule has 0 amide bonds. The number of hydrogen-bond acceptors (Lipinski definition) is 2.